The van der Waals surface area contributed by atoms with E-state index in [1.165, 1.54) is 19.2 Å². The Kier molecular flexibility index (Phi) is 2.58. The standard InChI is InChI=1S/C14H17N3O/c1-10(14(2)6-7-14)16-12-5-3-4-11(8-12)13-17-15-9-18-13/h3-5,8-10,16H,6-7H2,1-2H3. The molecule has 1 heterocycles. The third-order valence-corrected chi connectivity index (χ3v) is 3.94. The summed E-state index contributed by atoms with van der Waals surface area (Å²) in [6.07, 6.45) is 3.97. The minimum absolute atomic E-state index is 0.459. The SMILES string of the molecule is CC(Nc1cccc(-c2nnco2)c1)C1(C)CC1. The lowest BCUT2D eigenvalue weighted by atomic mass is 10.0. The summed E-state index contributed by atoms with van der Waals surface area (Å²) in [5, 5.41) is 11.2. The fourth-order valence-electron chi connectivity index (χ4n) is 2.10. The molecule has 0 spiro atoms. The molecule has 1 atom stereocenters. The van der Waals surface area contributed by atoms with Gasteiger partial charge in [0.2, 0.25) is 12.3 Å². The first-order valence-corrected chi connectivity index (χ1v) is 6.30. The smallest absolute Gasteiger partial charge is 0.247 e. The second-order valence-electron chi connectivity index (χ2n) is 5.34. The van der Waals surface area contributed by atoms with Crippen molar-refractivity contribution >= 4 is 5.69 Å². The van der Waals surface area contributed by atoms with E-state index >= 15 is 0 Å². The zero-order valence-electron chi connectivity index (χ0n) is 10.7. The first kappa shape index (κ1) is 11.3. The third kappa shape index (κ3) is 2.10. The van der Waals surface area contributed by atoms with Crippen molar-refractivity contribution in [3.63, 3.8) is 0 Å². The van der Waals surface area contributed by atoms with Gasteiger partial charge in [-0.05, 0) is 43.4 Å². The molecule has 1 saturated carbocycles. The van der Waals surface area contributed by atoms with Gasteiger partial charge in [0.1, 0.15) is 0 Å². The van der Waals surface area contributed by atoms with E-state index in [0.717, 1.165) is 11.3 Å². The highest BCUT2D eigenvalue weighted by molar-refractivity contribution is 5.61. The molecule has 0 aliphatic heterocycles. The van der Waals surface area contributed by atoms with Crippen LogP contribution in [-0.2, 0) is 0 Å². The zero-order valence-corrected chi connectivity index (χ0v) is 10.7. The fraction of sp³-hybridized carbons (Fsp3) is 0.429. The Morgan fingerprint density at radius 1 is 1.39 bits per heavy atom. The monoisotopic (exact) mass is 243 g/mol. The van der Waals surface area contributed by atoms with E-state index in [4.69, 9.17) is 4.42 Å². The largest absolute Gasteiger partial charge is 0.423 e. The van der Waals surface area contributed by atoms with E-state index < -0.39 is 0 Å². The number of benzene rings is 1. The molecule has 1 aliphatic carbocycles. The molecule has 1 aliphatic rings. The van der Waals surface area contributed by atoms with Gasteiger partial charge < -0.3 is 9.73 Å². The molecule has 94 valence electrons. The molecule has 3 rings (SSSR count). The summed E-state index contributed by atoms with van der Waals surface area (Å²) in [7, 11) is 0. The molecule has 0 saturated heterocycles. The molecular formula is C14H17N3O. The van der Waals surface area contributed by atoms with Crippen molar-refractivity contribution in [1.82, 2.24) is 10.2 Å². The van der Waals surface area contributed by atoms with E-state index in [2.05, 4.69) is 41.5 Å². The van der Waals surface area contributed by atoms with Gasteiger partial charge in [-0.1, -0.05) is 13.0 Å². The maximum Gasteiger partial charge on any atom is 0.247 e. The second-order valence-corrected chi connectivity index (χ2v) is 5.34. The predicted octanol–water partition coefficient (Wildman–Crippen LogP) is 3.34. The van der Waals surface area contributed by atoms with Crippen LogP contribution in [0.25, 0.3) is 11.5 Å². The van der Waals surface area contributed by atoms with Crippen LogP contribution in [0.15, 0.2) is 35.1 Å². The molecule has 0 radical (unpaired) electrons. The van der Waals surface area contributed by atoms with Gasteiger partial charge in [0.25, 0.3) is 0 Å². The summed E-state index contributed by atoms with van der Waals surface area (Å²) in [6, 6.07) is 8.58. The van der Waals surface area contributed by atoms with E-state index in [0.29, 0.717) is 17.3 Å². The molecule has 18 heavy (non-hydrogen) atoms. The molecule has 1 N–H and O–H groups in total. The van der Waals surface area contributed by atoms with Crippen LogP contribution in [0, 0.1) is 5.41 Å². The predicted molar refractivity (Wildman–Crippen MR) is 70.2 cm³/mol. The van der Waals surface area contributed by atoms with Crippen LogP contribution in [0.5, 0.6) is 0 Å². The maximum absolute atomic E-state index is 5.21. The molecule has 1 aromatic heterocycles. The van der Waals surface area contributed by atoms with Crippen LogP contribution >= 0.6 is 0 Å². The number of aromatic nitrogens is 2. The van der Waals surface area contributed by atoms with Crippen molar-refractivity contribution in [3.8, 4) is 11.5 Å². The van der Waals surface area contributed by atoms with E-state index in [-0.39, 0.29) is 0 Å². The quantitative estimate of drug-likeness (QED) is 0.894. The summed E-state index contributed by atoms with van der Waals surface area (Å²) in [5.41, 5.74) is 2.51. The Balaban J connectivity index is 1.79. The van der Waals surface area contributed by atoms with Gasteiger partial charge in [0, 0.05) is 17.3 Å². The van der Waals surface area contributed by atoms with Crippen LogP contribution in [0.3, 0.4) is 0 Å². The number of rotatable bonds is 4. The van der Waals surface area contributed by atoms with Crippen LogP contribution in [0.2, 0.25) is 0 Å². The molecular weight excluding hydrogens is 226 g/mol. The number of nitrogens with one attached hydrogen (secondary N) is 1. The Morgan fingerprint density at radius 2 is 2.22 bits per heavy atom. The van der Waals surface area contributed by atoms with Crippen molar-refractivity contribution in [3.05, 3.63) is 30.7 Å². The van der Waals surface area contributed by atoms with Gasteiger partial charge in [0.05, 0.1) is 0 Å². The van der Waals surface area contributed by atoms with Gasteiger partial charge in [-0.25, -0.2) is 0 Å². The highest BCUT2D eigenvalue weighted by atomic mass is 16.4. The van der Waals surface area contributed by atoms with Crippen molar-refractivity contribution in [2.45, 2.75) is 32.7 Å². The number of nitrogens with zero attached hydrogens (tertiary/aromatic N) is 2. The maximum atomic E-state index is 5.21. The lowest BCUT2D eigenvalue weighted by molar-refractivity contribution is 0.493. The van der Waals surface area contributed by atoms with E-state index in [1.807, 2.05) is 12.1 Å². The van der Waals surface area contributed by atoms with Crippen LogP contribution < -0.4 is 5.32 Å². The van der Waals surface area contributed by atoms with Crippen LogP contribution in [0.1, 0.15) is 26.7 Å². The normalized spacial score (nSPS) is 18.3. The molecule has 2 aromatic rings. The molecule has 0 bridgehead atoms. The van der Waals surface area contributed by atoms with Crippen molar-refractivity contribution in [2.75, 3.05) is 5.32 Å². The minimum atomic E-state index is 0.459. The number of hydrogen-bond acceptors (Lipinski definition) is 4. The summed E-state index contributed by atoms with van der Waals surface area (Å²) in [4.78, 5) is 0. The summed E-state index contributed by atoms with van der Waals surface area (Å²) >= 11 is 0. The lowest BCUT2D eigenvalue weighted by Gasteiger charge is -2.21. The molecule has 4 heteroatoms. The Morgan fingerprint density at radius 3 is 2.89 bits per heavy atom. The molecule has 1 unspecified atom stereocenters. The minimum Gasteiger partial charge on any atom is -0.423 e. The molecule has 1 fully saturated rings. The Hall–Kier alpha value is -1.84. The van der Waals surface area contributed by atoms with Gasteiger partial charge >= 0.3 is 0 Å². The molecule has 1 aromatic carbocycles. The van der Waals surface area contributed by atoms with Gasteiger partial charge in [-0.2, -0.15) is 0 Å². The van der Waals surface area contributed by atoms with Crippen LogP contribution in [-0.4, -0.2) is 16.2 Å². The first-order valence-electron chi connectivity index (χ1n) is 6.30. The topological polar surface area (TPSA) is 51.0 Å². The van der Waals surface area contributed by atoms with Crippen molar-refractivity contribution < 1.29 is 4.42 Å². The van der Waals surface area contributed by atoms with E-state index in [9.17, 15) is 0 Å². The molecule has 0 amide bonds. The van der Waals surface area contributed by atoms with Gasteiger partial charge in [0.15, 0.2) is 0 Å². The summed E-state index contributed by atoms with van der Waals surface area (Å²) in [5.74, 6) is 0.559. The zero-order chi connectivity index (χ0) is 12.6. The van der Waals surface area contributed by atoms with Crippen LogP contribution in [0.4, 0.5) is 5.69 Å². The number of anilines is 1. The fourth-order valence-corrected chi connectivity index (χ4v) is 2.10. The second kappa shape index (κ2) is 4.12. The average Bonchev–Trinajstić information content (AvgIpc) is 2.93. The number of hydrogen-bond donors (Lipinski definition) is 1. The van der Waals surface area contributed by atoms with Crippen molar-refractivity contribution in [2.24, 2.45) is 5.41 Å². The highest BCUT2D eigenvalue weighted by Crippen LogP contribution is 2.48. The Bertz CT molecular complexity index is 532. The van der Waals surface area contributed by atoms with Gasteiger partial charge in [-0.3, -0.25) is 0 Å². The Labute approximate surface area is 106 Å². The lowest BCUT2D eigenvalue weighted by Crippen LogP contribution is -2.24. The van der Waals surface area contributed by atoms with E-state index in [1.54, 1.807) is 0 Å². The third-order valence-electron chi connectivity index (χ3n) is 3.94. The summed E-state index contributed by atoms with van der Waals surface area (Å²) in [6.45, 7) is 4.57. The first-order chi connectivity index (χ1) is 8.67. The highest BCUT2D eigenvalue weighted by Gasteiger charge is 2.42. The summed E-state index contributed by atoms with van der Waals surface area (Å²) < 4.78 is 5.21. The van der Waals surface area contributed by atoms with Crippen molar-refractivity contribution in [1.29, 1.82) is 0 Å². The van der Waals surface area contributed by atoms with Gasteiger partial charge in [-0.15, -0.1) is 10.2 Å². The average molecular weight is 243 g/mol. The molecule has 4 nitrogen and oxygen atoms in total.